The first-order valence-corrected chi connectivity index (χ1v) is 9.90. The molecule has 0 amide bonds. The molecule has 0 saturated carbocycles. The van der Waals surface area contributed by atoms with Crippen LogP contribution in [0, 0.1) is 13.8 Å². The lowest BCUT2D eigenvalue weighted by molar-refractivity contribution is 0.232. The highest BCUT2D eigenvalue weighted by Crippen LogP contribution is 2.50. The molecule has 0 saturated heterocycles. The van der Waals surface area contributed by atoms with E-state index in [0.717, 1.165) is 16.8 Å². The van der Waals surface area contributed by atoms with Crippen molar-refractivity contribution in [2.75, 3.05) is 18.5 Å². The van der Waals surface area contributed by atoms with Crippen molar-refractivity contribution >= 4 is 24.5 Å². The fourth-order valence-electron chi connectivity index (χ4n) is 2.16. The van der Waals surface area contributed by atoms with Crippen LogP contribution in [0.2, 0.25) is 0 Å². The highest BCUT2D eigenvalue weighted by molar-refractivity contribution is 7.72. The van der Waals surface area contributed by atoms with Crippen LogP contribution < -0.4 is 5.32 Å². The molecular formula is C19H25N2O3P. The van der Waals surface area contributed by atoms with E-state index in [1.54, 1.807) is 13.8 Å². The summed E-state index contributed by atoms with van der Waals surface area (Å²) >= 11 is 0. The Kier molecular flexibility index (Phi) is 6.94. The van der Waals surface area contributed by atoms with Gasteiger partial charge in [0.1, 0.15) is 0 Å². The maximum Gasteiger partial charge on any atom is 0.396 e. The molecule has 6 heteroatoms. The van der Waals surface area contributed by atoms with Gasteiger partial charge in [0.2, 0.25) is 5.58 Å². The summed E-state index contributed by atoms with van der Waals surface area (Å²) in [7, 11) is -3.55. The van der Waals surface area contributed by atoms with Crippen LogP contribution in [0.5, 0.6) is 0 Å². The number of nitrogens with one attached hydrogen (secondary N) is 1. The number of benzene rings is 2. The SMILES string of the molecule is CCOP(=O)(OCC)C(=Nc1ccc(C)cc1)Nc1ccc(C)cc1. The Morgan fingerprint density at radius 2 is 1.40 bits per heavy atom. The van der Waals surface area contributed by atoms with E-state index in [1.807, 2.05) is 62.4 Å². The minimum Gasteiger partial charge on any atom is -0.333 e. The van der Waals surface area contributed by atoms with Crippen LogP contribution in [0.3, 0.4) is 0 Å². The molecule has 0 aromatic heterocycles. The minimum absolute atomic E-state index is 0.184. The topological polar surface area (TPSA) is 59.9 Å². The Hall–Kier alpha value is -1.94. The van der Waals surface area contributed by atoms with Gasteiger partial charge in [0, 0.05) is 5.69 Å². The van der Waals surface area contributed by atoms with Crippen LogP contribution in [-0.4, -0.2) is 18.8 Å². The maximum absolute atomic E-state index is 13.2. The number of aryl methyl sites for hydroxylation is 2. The molecule has 0 atom stereocenters. The zero-order valence-electron chi connectivity index (χ0n) is 15.2. The van der Waals surface area contributed by atoms with Crippen molar-refractivity contribution in [1.29, 1.82) is 0 Å². The summed E-state index contributed by atoms with van der Waals surface area (Å²) in [6, 6.07) is 15.4. The number of rotatable bonds is 7. The molecule has 0 aliphatic rings. The van der Waals surface area contributed by atoms with Gasteiger partial charge in [-0.05, 0) is 52.0 Å². The van der Waals surface area contributed by atoms with Crippen molar-refractivity contribution in [3.05, 3.63) is 59.7 Å². The molecule has 0 heterocycles. The lowest BCUT2D eigenvalue weighted by atomic mass is 10.2. The summed E-state index contributed by atoms with van der Waals surface area (Å²) < 4.78 is 24.1. The van der Waals surface area contributed by atoms with Gasteiger partial charge in [0.05, 0.1) is 18.9 Å². The van der Waals surface area contributed by atoms with Crippen LogP contribution in [0.4, 0.5) is 11.4 Å². The van der Waals surface area contributed by atoms with Crippen LogP contribution in [0.1, 0.15) is 25.0 Å². The first kappa shape index (κ1) is 19.4. The third-order valence-electron chi connectivity index (χ3n) is 3.43. The highest BCUT2D eigenvalue weighted by Gasteiger charge is 2.32. The second-order valence-corrected chi connectivity index (χ2v) is 7.53. The number of anilines is 1. The summed E-state index contributed by atoms with van der Waals surface area (Å²) in [5.41, 5.74) is 3.91. The second-order valence-electron chi connectivity index (χ2n) is 5.60. The van der Waals surface area contributed by atoms with Crippen LogP contribution in [0.25, 0.3) is 0 Å². The van der Waals surface area contributed by atoms with Gasteiger partial charge in [-0.1, -0.05) is 35.4 Å². The summed E-state index contributed by atoms with van der Waals surface area (Å²) in [4.78, 5) is 4.52. The second kappa shape index (κ2) is 8.95. The van der Waals surface area contributed by atoms with Gasteiger partial charge in [-0.15, -0.1) is 0 Å². The van der Waals surface area contributed by atoms with Crippen molar-refractivity contribution in [2.45, 2.75) is 27.7 Å². The van der Waals surface area contributed by atoms with E-state index in [2.05, 4.69) is 10.3 Å². The van der Waals surface area contributed by atoms with Gasteiger partial charge in [-0.25, -0.2) is 4.99 Å². The van der Waals surface area contributed by atoms with E-state index in [4.69, 9.17) is 9.05 Å². The number of hydrogen-bond acceptors (Lipinski definition) is 4. The first-order valence-electron chi connectivity index (χ1n) is 8.35. The lowest BCUT2D eigenvalue weighted by Crippen LogP contribution is -2.16. The predicted molar refractivity (Wildman–Crippen MR) is 104 cm³/mol. The summed E-state index contributed by atoms with van der Waals surface area (Å²) in [6.45, 7) is 8.10. The van der Waals surface area contributed by atoms with Crippen LogP contribution >= 0.6 is 7.60 Å². The lowest BCUT2D eigenvalue weighted by Gasteiger charge is -2.20. The van der Waals surface area contributed by atoms with E-state index in [1.165, 1.54) is 0 Å². The third-order valence-corrected chi connectivity index (χ3v) is 5.36. The van der Waals surface area contributed by atoms with Crippen molar-refractivity contribution in [1.82, 2.24) is 0 Å². The van der Waals surface area contributed by atoms with Gasteiger partial charge < -0.3 is 14.4 Å². The van der Waals surface area contributed by atoms with Gasteiger partial charge in [-0.3, -0.25) is 4.57 Å². The molecule has 134 valence electrons. The molecular weight excluding hydrogens is 335 g/mol. The normalized spacial score (nSPS) is 12.2. The fraction of sp³-hybridized carbons (Fsp3) is 0.316. The molecule has 25 heavy (non-hydrogen) atoms. The maximum atomic E-state index is 13.2. The van der Waals surface area contributed by atoms with Gasteiger partial charge in [0.25, 0.3) is 0 Å². The monoisotopic (exact) mass is 360 g/mol. The molecule has 0 radical (unpaired) electrons. The predicted octanol–water partition coefficient (Wildman–Crippen LogP) is 5.67. The van der Waals surface area contributed by atoms with Gasteiger partial charge >= 0.3 is 7.60 Å². The van der Waals surface area contributed by atoms with Crippen molar-refractivity contribution < 1.29 is 13.6 Å². The standard InChI is InChI=1S/C19H25N2O3P/c1-5-23-25(22,24-6-2)19(20-17-11-7-15(3)8-12-17)21-18-13-9-16(4)10-14-18/h7-14H,5-6H2,1-4H3,(H,20,21). The van der Waals surface area contributed by atoms with Crippen LogP contribution in [-0.2, 0) is 13.6 Å². The molecule has 0 aliphatic heterocycles. The van der Waals surface area contributed by atoms with E-state index in [-0.39, 0.29) is 18.8 Å². The number of nitrogens with zero attached hydrogens (tertiary/aromatic N) is 1. The average molecular weight is 360 g/mol. The molecule has 0 bridgehead atoms. The largest absolute Gasteiger partial charge is 0.396 e. The molecule has 1 N–H and O–H groups in total. The van der Waals surface area contributed by atoms with Crippen molar-refractivity contribution in [3.8, 4) is 0 Å². The molecule has 2 rings (SSSR count). The zero-order chi connectivity index (χ0) is 18.3. The molecule has 2 aromatic rings. The summed E-state index contributed by atoms with van der Waals surface area (Å²) in [5.74, 6) is 0. The van der Waals surface area contributed by atoms with E-state index >= 15 is 0 Å². The van der Waals surface area contributed by atoms with Crippen molar-refractivity contribution in [3.63, 3.8) is 0 Å². The molecule has 0 aliphatic carbocycles. The molecule has 0 unspecified atom stereocenters. The van der Waals surface area contributed by atoms with E-state index < -0.39 is 7.60 Å². The summed E-state index contributed by atoms with van der Waals surface area (Å²) in [5, 5.41) is 3.12. The van der Waals surface area contributed by atoms with E-state index in [9.17, 15) is 4.57 Å². The average Bonchev–Trinajstić information content (AvgIpc) is 2.58. The number of aliphatic imine (C=N–C) groups is 1. The molecule has 0 spiro atoms. The third kappa shape index (κ3) is 5.53. The fourth-order valence-corrected chi connectivity index (χ4v) is 3.67. The van der Waals surface area contributed by atoms with Crippen molar-refractivity contribution in [2.24, 2.45) is 4.99 Å². The number of amidine groups is 1. The first-order chi connectivity index (χ1) is 12.0. The Labute approximate surface area is 149 Å². The Bertz CT molecular complexity index is 745. The van der Waals surface area contributed by atoms with Gasteiger partial charge in [0.15, 0.2) is 0 Å². The summed E-state index contributed by atoms with van der Waals surface area (Å²) in [6.07, 6.45) is 0. The quantitative estimate of drug-likeness (QED) is 0.393. The van der Waals surface area contributed by atoms with Gasteiger partial charge in [-0.2, -0.15) is 0 Å². The molecule has 5 nitrogen and oxygen atoms in total. The zero-order valence-corrected chi connectivity index (χ0v) is 16.0. The number of hydrogen-bond donors (Lipinski definition) is 1. The Morgan fingerprint density at radius 3 is 1.88 bits per heavy atom. The van der Waals surface area contributed by atoms with Crippen LogP contribution in [0.15, 0.2) is 53.5 Å². The highest BCUT2D eigenvalue weighted by atomic mass is 31.2. The van der Waals surface area contributed by atoms with E-state index in [0.29, 0.717) is 5.69 Å². The minimum atomic E-state index is -3.55. The Balaban J connectivity index is 2.43. The Morgan fingerprint density at radius 1 is 0.920 bits per heavy atom. The molecule has 2 aromatic carbocycles. The smallest absolute Gasteiger partial charge is 0.333 e. The molecule has 0 fully saturated rings.